The molecule has 1 aliphatic heterocycles. The summed E-state index contributed by atoms with van der Waals surface area (Å²) in [6, 6.07) is 7.66. The first kappa shape index (κ1) is 13.2. The average molecular weight is 295 g/mol. The predicted octanol–water partition coefficient (Wildman–Crippen LogP) is 2.42. The summed E-state index contributed by atoms with van der Waals surface area (Å²) in [7, 11) is 1.84. The highest BCUT2D eigenvalue weighted by molar-refractivity contribution is 6.21. The maximum Gasteiger partial charge on any atom is 0.240 e. The molecular formula is C17H17N3O2. The number of carbonyl (C=O) groups excluding carboxylic acids is 2. The summed E-state index contributed by atoms with van der Waals surface area (Å²) in [5.41, 5.74) is 2.90. The van der Waals surface area contributed by atoms with E-state index in [0.717, 1.165) is 11.0 Å². The Balaban J connectivity index is 1.81. The first-order valence-electron chi connectivity index (χ1n) is 7.53. The van der Waals surface area contributed by atoms with Crippen molar-refractivity contribution in [1.29, 1.82) is 0 Å². The van der Waals surface area contributed by atoms with Crippen molar-refractivity contribution in [2.75, 3.05) is 4.90 Å². The number of rotatable bonds is 1. The lowest BCUT2D eigenvalue weighted by molar-refractivity contribution is -0.122. The summed E-state index contributed by atoms with van der Waals surface area (Å²) < 4.78 is 1.82. The second kappa shape index (κ2) is 4.53. The summed E-state index contributed by atoms with van der Waals surface area (Å²) in [6.45, 7) is 2.02. The van der Waals surface area contributed by atoms with E-state index in [1.807, 2.05) is 42.8 Å². The number of amides is 2. The number of benzene rings is 1. The molecule has 2 aliphatic rings. The second-order valence-electron chi connectivity index (χ2n) is 6.17. The normalized spacial score (nSPS) is 24.8. The Hall–Kier alpha value is -2.43. The Morgan fingerprint density at radius 3 is 2.64 bits per heavy atom. The summed E-state index contributed by atoms with van der Waals surface area (Å²) in [5.74, 6) is -0.241. The van der Waals surface area contributed by atoms with Crippen molar-refractivity contribution < 1.29 is 9.59 Å². The monoisotopic (exact) mass is 295 g/mol. The standard InChI is InChI=1S/C17H17N3O2/c1-10-7-8-11-12(9-10)16(22)20(15(11)21)17-18-13-5-3-4-6-14(13)19(17)2/h3-7,11-12H,8-9H2,1-2H3/t11-,12-/m1/s1. The van der Waals surface area contributed by atoms with E-state index in [2.05, 4.69) is 11.1 Å². The number of imidazole rings is 1. The number of aryl methyl sites for hydroxylation is 1. The molecule has 112 valence electrons. The summed E-state index contributed by atoms with van der Waals surface area (Å²) in [4.78, 5) is 31.3. The number of imide groups is 1. The molecule has 22 heavy (non-hydrogen) atoms. The van der Waals surface area contributed by atoms with Crippen LogP contribution in [-0.4, -0.2) is 21.4 Å². The number of carbonyl (C=O) groups is 2. The quantitative estimate of drug-likeness (QED) is 0.599. The summed E-state index contributed by atoms with van der Waals surface area (Å²) in [6.07, 6.45) is 3.40. The Bertz CT molecular complexity index is 834. The van der Waals surface area contributed by atoms with Gasteiger partial charge in [-0.25, -0.2) is 9.88 Å². The fourth-order valence-electron chi connectivity index (χ4n) is 3.57. The van der Waals surface area contributed by atoms with Gasteiger partial charge >= 0.3 is 0 Å². The fourth-order valence-corrected chi connectivity index (χ4v) is 3.57. The van der Waals surface area contributed by atoms with Crippen molar-refractivity contribution in [2.24, 2.45) is 18.9 Å². The molecule has 1 aromatic heterocycles. The fraction of sp³-hybridized carbons (Fsp3) is 0.353. The van der Waals surface area contributed by atoms with Gasteiger partial charge in [-0.15, -0.1) is 0 Å². The van der Waals surface area contributed by atoms with E-state index in [4.69, 9.17) is 0 Å². The third kappa shape index (κ3) is 1.68. The van der Waals surface area contributed by atoms with Gasteiger partial charge in [0.2, 0.25) is 17.8 Å². The van der Waals surface area contributed by atoms with Crippen LogP contribution >= 0.6 is 0 Å². The number of allylic oxidation sites excluding steroid dienone is 2. The topological polar surface area (TPSA) is 55.2 Å². The van der Waals surface area contributed by atoms with E-state index >= 15 is 0 Å². The second-order valence-corrected chi connectivity index (χ2v) is 6.17. The largest absolute Gasteiger partial charge is 0.312 e. The van der Waals surface area contributed by atoms with Crippen LogP contribution in [0.1, 0.15) is 19.8 Å². The van der Waals surface area contributed by atoms with Gasteiger partial charge in [0.05, 0.1) is 22.9 Å². The molecule has 0 unspecified atom stereocenters. The number of aromatic nitrogens is 2. The number of hydrogen-bond donors (Lipinski definition) is 0. The van der Waals surface area contributed by atoms with Crippen LogP contribution in [-0.2, 0) is 16.6 Å². The lowest BCUT2D eigenvalue weighted by atomic mass is 9.82. The molecule has 4 rings (SSSR count). The van der Waals surface area contributed by atoms with Crippen LogP contribution < -0.4 is 4.90 Å². The molecule has 0 bridgehead atoms. The zero-order chi connectivity index (χ0) is 15.4. The van der Waals surface area contributed by atoms with Gasteiger partial charge in [-0.05, 0) is 31.9 Å². The molecule has 2 amide bonds. The number of para-hydroxylation sites is 2. The molecule has 1 aliphatic carbocycles. The highest BCUT2D eigenvalue weighted by atomic mass is 16.2. The van der Waals surface area contributed by atoms with Gasteiger partial charge in [-0.2, -0.15) is 0 Å². The Morgan fingerprint density at radius 1 is 1.14 bits per heavy atom. The number of fused-ring (bicyclic) bond motifs is 2. The highest BCUT2D eigenvalue weighted by Crippen LogP contribution is 2.39. The van der Waals surface area contributed by atoms with Gasteiger partial charge in [-0.1, -0.05) is 23.8 Å². The Morgan fingerprint density at radius 2 is 1.86 bits per heavy atom. The van der Waals surface area contributed by atoms with E-state index in [-0.39, 0.29) is 23.7 Å². The first-order valence-corrected chi connectivity index (χ1v) is 7.53. The van der Waals surface area contributed by atoms with Gasteiger partial charge in [0.25, 0.3) is 0 Å². The minimum Gasteiger partial charge on any atom is -0.312 e. The number of nitrogens with zero attached hydrogens (tertiary/aromatic N) is 3. The molecule has 2 aromatic rings. The molecule has 0 saturated carbocycles. The van der Waals surface area contributed by atoms with Crippen molar-refractivity contribution in [2.45, 2.75) is 19.8 Å². The molecule has 5 nitrogen and oxygen atoms in total. The Labute approximate surface area is 128 Å². The van der Waals surface area contributed by atoms with Crippen molar-refractivity contribution >= 4 is 28.8 Å². The number of anilines is 1. The molecule has 2 heterocycles. The zero-order valence-corrected chi connectivity index (χ0v) is 12.6. The lowest BCUT2D eigenvalue weighted by Crippen LogP contribution is -2.33. The molecular weight excluding hydrogens is 278 g/mol. The molecule has 1 saturated heterocycles. The smallest absolute Gasteiger partial charge is 0.240 e. The van der Waals surface area contributed by atoms with Gasteiger partial charge in [0.1, 0.15) is 0 Å². The highest BCUT2D eigenvalue weighted by Gasteiger charge is 2.50. The van der Waals surface area contributed by atoms with Gasteiger partial charge in [0, 0.05) is 7.05 Å². The maximum atomic E-state index is 12.7. The predicted molar refractivity (Wildman–Crippen MR) is 83.2 cm³/mol. The molecule has 0 radical (unpaired) electrons. The van der Waals surface area contributed by atoms with Gasteiger partial charge < -0.3 is 4.57 Å². The molecule has 2 atom stereocenters. The molecule has 5 heteroatoms. The molecule has 1 aromatic carbocycles. The van der Waals surface area contributed by atoms with Crippen molar-refractivity contribution in [3.63, 3.8) is 0 Å². The van der Waals surface area contributed by atoms with E-state index in [1.54, 1.807) is 0 Å². The van der Waals surface area contributed by atoms with Gasteiger partial charge in [0.15, 0.2) is 0 Å². The van der Waals surface area contributed by atoms with Crippen LogP contribution in [0.5, 0.6) is 0 Å². The Kier molecular flexibility index (Phi) is 2.73. The van der Waals surface area contributed by atoms with Crippen LogP contribution in [0.15, 0.2) is 35.9 Å². The summed E-state index contributed by atoms with van der Waals surface area (Å²) in [5, 5.41) is 0. The SMILES string of the molecule is CC1=CC[C@H]2C(=O)N(c3nc4ccccc4n3C)C(=O)[C@@H]2C1. The molecule has 0 N–H and O–H groups in total. The third-order valence-corrected chi connectivity index (χ3v) is 4.79. The number of hydrogen-bond acceptors (Lipinski definition) is 3. The van der Waals surface area contributed by atoms with Crippen molar-refractivity contribution in [1.82, 2.24) is 9.55 Å². The van der Waals surface area contributed by atoms with Crippen molar-refractivity contribution in [3.8, 4) is 0 Å². The van der Waals surface area contributed by atoms with Crippen LogP contribution in [0.25, 0.3) is 11.0 Å². The van der Waals surface area contributed by atoms with Gasteiger partial charge in [-0.3, -0.25) is 9.59 Å². The zero-order valence-electron chi connectivity index (χ0n) is 12.6. The van der Waals surface area contributed by atoms with Crippen LogP contribution in [0.4, 0.5) is 5.95 Å². The third-order valence-electron chi connectivity index (χ3n) is 4.79. The van der Waals surface area contributed by atoms with Crippen LogP contribution in [0, 0.1) is 11.8 Å². The molecule has 0 spiro atoms. The van der Waals surface area contributed by atoms with Crippen molar-refractivity contribution in [3.05, 3.63) is 35.9 Å². The van der Waals surface area contributed by atoms with E-state index < -0.39 is 0 Å². The minimum atomic E-state index is -0.226. The van der Waals surface area contributed by atoms with E-state index in [0.29, 0.717) is 18.8 Å². The molecule has 1 fully saturated rings. The van der Waals surface area contributed by atoms with E-state index in [9.17, 15) is 9.59 Å². The van der Waals surface area contributed by atoms with E-state index in [1.165, 1.54) is 10.5 Å². The lowest BCUT2D eigenvalue weighted by Gasteiger charge is -2.18. The first-order chi connectivity index (χ1) is 10.6. The summed E-state index contributed by atoms with van der Waals surface area (Å²) >= 11 is 0. The maximum absolute atomic E-state index is 12.7. The minimum absolute atomic E-state index is 0.110. The van der Waals surface area contributed by atoms with Crippen LogP contribution in [0.2, 0.25) is 0 Å². The average Bonchev–Trinajstić information content (AvgIpc) is 2.96. The van der Waals surface area contributed by atoms with Crippen LogP contribution in [0.3, 0.4) is 0 Å².